The molecule has 0 unspecified atom stereocenters. The molecule has 1 radical (unpaired) electrons. The van der Waals surface area contributed by atoms with Crippen molar-refractivity contribution >= 4 is 16.5 Å². The van der Waals surface area contributed by atoms with Crippen LogP contribution in [0.4, 0.5) is 5.69 Å². The van der Waals surface area contributed by atoms with Crippen LogP contribution in [0.1, 0.15) is 0 Å². The molecule has 3 heteroatoms. The van der Waals surface area contributed by atoms with Crippen LogP contribution >= 0.6 is 0 Å². The molecule has 2 aromatic rings. The summed E-state index contributed by atoms with van der Waals surface area (Å²) < 4.78 is 0. The topological polar surface area (TPSA) is 46.1 Å². The summed E-state index contributed by atoms with van der Waals surface area (Å²) in [6.45, 7) is 0. The van der Waals surface area contributed by atoms with Crippen LogP contribution in [0.2, 0.25) is 0 Å². The minimum atomic E-state index is 0.312. The Hall–Kier alpha value is -1.90. The normalized spacial score (nSPS) is 10.2. The summed E-state index contributed by atoms with van der Waals surface area (Å²) in [5, 5.41) is 1.94. The second kappa shape index (κ2) is 2.86. The second-order valence-electron chi connectivity index (χ2n) is 2.76. The largest absolute Gasteiger partial charge is 0.300 e. The van der Waals surface area contributed by atoms with Crippen LogP contribution in [0.25, 0.3) is 10.8 Å². The molecule has 2 N–H and O–H groups in total. The van der Waals surface area contributed by atoms with E-state index in [1.807, 2.05) is 30.3 Å². The highest BCUT2D eigenvalue weighted by molar-refractivity contribution is 5.83. The van der Waals surface area contributed by atoms with E-state index >= 15 is 0 Å². The van der Waals surface area contributed by atoms with E-state index in [2.05, 4.69) is 6.07 Å². The molecule has 0 spiro atoms. The van der Waals surface area contributed by atoms with Crippen molar-refractivity contribution in [3.05, 3.63) is 47.4 Å². The van der Waals surface area contributed by atoms with Gasteiger partial charge in [-0.1, -0.05) is 24.3 Å². The fraction of sp³-hybridized carbons (Fsp3) is 0. The lowest BCUT2D eigenvalue weighted by atomic mass is 10.1. The second-order valence-corrected chi connectivity index (χ2v) is 2.76. The number of fused-ring (bicyclic) bond motifs is 1. The summed E-state index contributed by atoms with van der Waals surface area (Å²) in [6.07, 6.45) is 0. The van der Waals surface area contributed by atoms with Gasteiger partial charge < -0.3 is 0 Å². The Morgan fingerprint density at radius 3 is 2.69 bits per heavy atom. The van der Waals surface area contributed by atoms with E-state index in [-0.39, 0.29) is 0 Å². The summed E-state index contributed by atoms with van der Waals surface area (Å²) >= 11 is 0. The Bertz CT molecular complexity index is 465. The minimum absolute atomic E-state index is 0.312. The molecule has 0 atom stereocenters. The quantitative estimate of drug-likeness (QED) is 0.406. The van der Waals surface area contributed by atoms with E-state index in [9.17, 15) is 4.91 Å². The first-order chi connectivity index (χ1) is 6.27. The Morgan fingerprint density at radius 1 is 1.15 bits per heavy atom. The van der Waals surface area contributed by atoms with Crippen LogP contribution in [-0.2, 0) is 0 Å². The van der Waals surface area contributed by atoms with Gasteiger partial charge in [0, 0.05) is 6.07 Å². The molecule has 0 aliphatic carbocycles. The van der Waals surface area contributed by atoms with Crippen molar-refractivity contribution in [3.63, 3.8) is 0 Å². The van der Waals surface area contributed by atoms with Gasteiger partial charge >= 0.3 is 0 Å². The van der Waals surface area contributed by atoms with E-state index in [1.165, 1.54) is 0 Å². The molecule has 63 valence electrons. The Labute approximate surface area is 75.3 Å². The van der Waals surface area contributed by atoms with Crippen molar-refractivity contribution in [2.45, 2.75) is 0 Å². The lowest BCUT2D eigenvalue weighted by Crippen LogP contribution is -2.08. The molecule has 0 bridgehead atoms. The number of nitrogens with zero attached hydrogens (tertiary/aromatic N) is 1. The van der Waals surface area contributed by atoms with Gasteiger partial charge in [0.25, 0.3) is 5.69 Å². The Morgan fingerprint density at radius 2 is 1.92 bits per heavy atom. The van der Waals surface area contributed by atoms with Gasteiger partial charge in [0.1, 0.15) is 0 Å². The average Bonchev–Trinajstić information content (AvgIpc) is 2.17. The van der Waals surface area contributed by atoms with E-state index < -0.39 is 0 Å². The summed E-state index contributed by atoms with van der Waals surface area (Å²) in [5.74, 6) is 5.05. The molecule has 0 amide bonds. The number of hydrogen-bond donors (Lipinski definition) is 1. The van der Waals surface area contributed by atoms with Gasteiger partial charge in [-0.2, -0.15) is 5.84 Å². The fourth-order valence-corrected chi connectivity index (χ4v) is 1.23. The summed E-state index contributed by atoms with van der Waals surface area (Å²) in [7, 11) is 0. The molecular formula is C10H8N2O+. The predicted octanol–water partition coefficient (Wildman–Crippen LogP) is 1.92. The van der Waals surface area contributed by atoms with Crippen LogP contribution in [0.5, 0.6) is 0 Å². The standard InChI is InChI=1S/C10H8N2O/c11-12(13)10-6-5-8-3-1-2-4-9(8)7-10/h1-6H,(H2,11,13)/q+1. The number of hydrazine groups is 1. The first-order valence-corrected chi connectivity index (χ1v) is 3.90. The van der Waals surface area contributed by atoms with Gasteiger partial charge in [-0.15, -0.1) is 0 Å². The lowest BCUT2D eigenvalue weighted by Gasteiger charge is -1.93. The van der Waals surface area contributed by atoms with Crippen molar-refractivity contribution < 1.29 is 4.87 Å². The first kappa shape index (κ1) is 7.73. The summed E-state index contributed by atoms with van der Waals surface area (Å²) in [6, 6.07) is 14.1. The van der Waals surface area contributed by atoms with Gasteiger partial charge in [0.15, 0.2) is 4.87 Å². The first-order valence-electron chi connectivity index (χ1n) is 3.90. The molecule has 13 heavy (non-hydrogen) atoms. The smallest absolute Gasteiger partial charge is 0.159 e. The van der Waals surface area contributed by atoms with E-state index in [4.69, 9.17) is 5.84 Å². The van der Waals surface area contributed by atoms with Gasteiger partial charge in [-0.05, 0) is 16.8 Å². The molecule has 0 heterocycles. The number of nitrogens with two attached hydrogens (primary N) is 1. The maximum Gasteiger partial charge on any atom is 0.300 e. The summed E-state index contributed by atoms with van der Waals surface area (Å²) in [5.41, 5.74) is 0.346. The van der Waals surface area contributed by atoms with Crippen LogP contribution < -0.4 is 5.84 Å². The van der Waals surface area contributed by atoms with Gasteiger partial charge in [0.2, 0.25) is 0 Å². The van der Waals surface area contributed by atoms with E-state index in [0.717, 1.165) is 10.8 Å². The zero-order chi connectivity index (χ0) is 9.26. The molecule has 0 aliphatic rings. The molecule has 0 saturated heterocycles. The lowest BCUT2D eigenvalue weighted by molar-refractivity contribution is -0.474. The third-order valence-corrected chi connectivity index (χ3v) is 1.88. The van der Waals surface area contributed by atoms with Crippen molar-refractivity contribution in [3.8, 4) is 0 Å². The summed E-state index contributed by atoms with van der Waals surface area (Å²) in [4.78, 5) is 11.1. The molecule has 3 nitrogen and oxygen atoms in total. The maximum absolute atomic E-state index is 10.8. The number of nitroso groups, excluding NO2 is 1. The minimum Gasteiger partial charge on any atom is -0.159 e. The molecule has 2 rings (SSSR count). The SMILES string of the molecule is N[N+](=O)c1[c]c2ccccc2cc1. The van der Waals surface area contributed by atoms with Crippen LogP contribution in [0, 0.1) is 11.0 Å². The van der Waals surface area contributed by atoms with Crippen LogP contribution in [-0.4, -0.2) is 4.87 Å². The molecule has 0 fully saturated rings. The molecular weight excluding hydrogens is 164 g/mol. The van der Waals surface area contributed by atoms with Gasteiger partial charge in [-0.25, -0.2) is 0 Å². The highest BCUT2D eigenvalue weighted by atomic mass is 16.3. The fourth-order valence-electron chi connectivity index (χ4n) is 1.23. The van der Waals surface area contributed by atoms with E-state index in [1.54, 1.807) is 6.07 Å². The molecule has 0 aliphatic heterocycles. The van der Waals surface area contributed by atoms with E-state index in [0.29, 0.717) is 10.6 Å². The number of rotatable bonds is 1. The van der Waals surface area contributed by atoms with Crippen molar-refractivity contribution in [2.75, 3.05) is 0 Å². The maximum atomic E-state index is 10.8. The monoisotopic (exact) mass is 172 g/mol. The zero-order valence-corrected chi connectivity index (χ0v) is 6.90. The Balaban J connectivity index is 2.69. The van der Waals surface area contributed by atoms with Crippen molar-refractivity contribution in [2.24, 2.45) is 5.84 Å². The molecule has 2 aromatic carbocycles. The highest BCUT2D eigenvalue weighted by Crippen LogP contribution is 2.18. The van der Waals surface area contributed by atoms with Gasteiger partial charge in [-0.3, -0.25) is 0 Å². The van der Waals surface area contributed by atoms with Crippen LogP contribution in [0.15, 0.2) is 36.4 Å². The average molecular weight is 172 g/mol. The highest BCUT2D eigenvalue weighted by Gasteiger charge is 2.08. The number of benzene rings is 2. The van der Waals surface area contributed by atoms with Gasteiger partial charge in [0.05, 0.1) is 11.0 Å². The van der Waals surface area contributed by atoms with Crippen molar-refractivity contribution in [1.29, 1.82) is 0 Å². The zero-order valence-electron chi connectivity index (χ0n) is 6.90. The van der Waals surface area contributed by atoms with Crippen LogP contribution in [0.3, 0.4) is 0 Å². The van der Waals surface area contributed by atoms with Crippen molar-refractivity contribution in [1.82, 2.24) is 0 Å². The third kappa shape index (κ3) is 1.36. The third-order valence-electron chi connectivity index (χ3n) is 1.88. The molecule has 0 aromatic heterocycles. The predicted molar refractivity (Wildman–Crippen MR) is 50.3 cm³/mol. The number of hydrogen-bond acceptors (Lipinski definition) is 1. The Kier molecular flexibility index (Phi) is 1.70. The molecule has 0 saturated carbocycles.